The molecule has 6 heteroatoms. The zero-order chi connectivity index (χ0) is 14.5. The summed E-state index contributed by atoms with van der Waals surface area (Å²) in [6, 6.07) is 6.02. The summed E-state index contributed by atoms with van der Waals surface area (Å²) in [6.45, 7) is 1.94. The molecule has 2 N–H and O–H groups in total. The predicted octanol–water partition coefficient (Wildman–Crippen LogP) is 3.16. The van der Waals surface area contributed by atoms with Crippen LogP contribution < -0.4 is 5.32 Å². The van der Waals surface area contributed by atoms with E-state index in [1.807, 2.05) is 30.5 Å². The quantitative estimate of drug-likeness (QED) is 0.850. The van der Waals surface area contributed by atoms with Gasteiger partial charge in [-0.05, 0) is 24.6 Å². The molecule has 1 aromatic heterocycles. The van der Waals surface area contributed by atoms with Gasteiger partial charge in [0.05, 0.1) is 17.0 Å². The summed E-state index contributed by atoms with van der Waals surface area (Å²) >= 11 is 7.78. The van der Waals surface area contributed by atoms with Crippen molar-refractivity contribution in [2.24, 2.45) is 0 Å². The molecule has 1 fully saturated rings. The van der Waals surface area contributed by atoms with Gasteiger partial charge in [0.15, 0.2) is 5.96 Å². The van der Waals surface area contributed by atoms with Crippen molar-refractivity contribution in [1.29, 1.82) is 5.41 Å². The Balaban J connectivity index is 2.07. The molecule has 1 saturated heterocycles. The SMILES string of the molecule is CN1C(=N)N[C@](C)(c2ccc3scc(Cl)c3c2)CC1=O. The van der Waals surface area contributed by atoms with E-state index in [0.29, 0.717) is 6.42 Å². The highest BCUT2D eigenvalue weighted by molar-refractivity contribution is 7.17. The Hall–Kier alpha value is -1.59. The molecule has 0 bridgehead atoms. The summed E-state index contributed by atoms with van der Waals surface area (Å²) in [6.07, 6.45) is 0.319. The van der Waals surface area contributed by atoms with Crippen LogP contribution in [0.4, 0.5) is 0 Å². The molecule has 2 heterocycles. The maximum atomic E-state index is 12.0. The van der Waals surface area contributed by atoms with Crippen LogP contribution >= 0.6 is 22.9 Å². The van der Waals surface area contributed by atoms with Crippen molar-refractivity contribution in [3.63, 3.8) is 0 Å². The lowest BCUT2D eigenvalue weighted by atomic mass is 9.86. The minimum atomic E-state index is -0.569. The molecule has 3 rings (SSSR count). The largest absolute Gasteiger partial charge is 0.346 e. The molecule has 2 aromatic rings. The molecule has 1 atom stereocenters. The summed E-state index contributed by atoms with van der Waals surface area (Å²) in [5, 5.41) is 14.6. The molecular weight excluding hydrogens is 294 g/mol. The third kappa shape index (κ3) is 1.98. The minimum absolute atomic E-state index is 0.0623. The number of hydrogen-bond acceptors (Lipinski definition) is 3. The highest BCUT2D eigenvalue weighted by atomic mass is 35.5. The fourth-order valence-corrected chi connectivity index (χ4v) is 3.60. The fraction of sp³-hybridized carbons (Fsp3) is 0.286. The number of benzene rings is 1. The maximum absolute atomic E-state index is 12.0. The van der Waals surface area contributed by atoms with Crippen LogP contribution in [0, 0.1) is 5.41 Å². The summed E-state index contributed by atoms with van der Waals surface area (Å²) < 4.78 is 1.12. The zero-order valence-corrected chi connectivity index (χ0v) is 12.7. The van der Waals surface area contributed by atoms with Crippen molar-refractivity contribution in [3.05, 3.63) is 34.2 Å². The van der Waals surface area contributed by atoms with Gasteiger partial charge in [-0.1, -0.05) is 17.7 Å². The molecule has 1 amide bonds. The first-order chi connectivity index (χ1) is 9.40. The molecule has 1 aliphatic rings. The van der Waals surface area contributed by atoms with Gasteiger partial charge in [0.25, 0.3) is 0 Å². The Bertz CT molecular complexity index is 706. The van der Waals surface area contributed by atoms with Crippen molar-refractivity contribution in [2.75, 3.05) is 7.05 Å². The molecule has 104 valence electrons. The van der Waals surface area contributed by atoms with E-state index < -0.39 is 5.54 Å². The van der Waals surface area contributed by atoms with Crippen LogP contribution in [0.3, 0.4) is 0 Å². The Morgan fingerprint density at radius 2 is 2.25 bits per heavy atom. The van der Waals surface area contributed by atoms with Crippen molar-refractivity contribution < 1.29 is 4.79 Å². The molecule has 1 aromatic carbocycles. The smallest absolute Gasteiger partial charge is 0.231 e. The third-order valence-corrected chi connectivity index (χ3v) is 5.18. The number of rotatable bonds is 1. The lowest BCUT2D eigenvalue weighted by Gasteiger charge is -2.39. The number of nitrogens with one attached hydrogen (secondary N) is 2. The van der Waals surface area contributed by atoms with Gasteiger partial charge < -0.3 is 5.32 Å². The molecule has 0 spiro atoms. The number of thiophene rings is 1. The monoisotopic (exact) mass is 307 g/mol. The van der Waals surface area contributed by atoms with Gasteiger partial charge in [-0.25, -0.2) is 0 Å². The summed E-state index contributed by atoms with van der Waals surface area (Å²) in [5.74, 6) is 0.0630. The molecule has 0 saturated carbocycles. The predicted molar refractivity (Wildman–Crippen MR) is 82.4 cm³/mol. The first kappa shape index (κ1) is 13.4. The topological polar surface area (TPSA) is 56.2 Å². The van der Waals surface area contributed by atoms with Gasteiger partial charge in [0, 0.05) is 22.5 Å². The number of halogens is 1. The van der Waals surface area contributed by atoms with Gasteiger partial charge in [-0.2, -0.15) is 0 Å². The normalized spacial score (nSPS) is 23.2. The molecule has 1 aliphatic heterocycles. The summed E-state index contributed by atoms with van der Waals surface area (Å²) in [7, 11) is 1.61. The molecule has 20 heavy (non-hydrogen) atoms. The number of nitrogens with zero attached hydrogens (tertiary/aromatic N) is 1. The fourth-order valence-electron chi connectivity index (χ4n) is 2.45. The number of hydrogen-bond donors (Lipinski definition) is 2. The standard InChI is InChI=1S/C14H14ClN3OS/c1-14(6-12(19)18(2)13(16)17-14)8-3-4-11-9(5-8)10(15)7-20-11/h3-5,7H,6H2,1-2H3,(H2,16,17)/t14-/m0/s1. The number of guanidine groups is 1. The second kappa shape index (κ2) is 4.46. The van der Waals surface area contributed by atoms with Crippen LogP contribution in [0.15, 0.2) is 23.6 Å². The number of amides is 1. The van der Waals surface area contributed by atoms with Crippen LogP contribution in [-0.4, -0.2) is 23.8 Å². The Kier molecular flexibility index (Phi) is 2.99. The molecule has 0 radical (unpaired) electrons. The summed E-state index contributed by atoms with van der Waals surface area (Å²) in [5.41, 5.74) is 0.400. The maximum Gasteiger partial charge on any atom is 0.231 e. The van der Waals surface area contributed by atoms with E-state index in [2.05, 4.69) is 5.32 Å². The van der Waals surface area contributed by atoms with Crippen LogP contribution in [0.2, 0.25) is 5.02 Å². The zero-order valence-electron chi connectivity index (χ0n) is 11.2. The highest BCUT2D eigenvalue weighted by Gasteiger charge is 2.37. The van der Waals surface area contributed by atoms with Crippen LogP contribution in [0.1, 0.15) is 18.9 Å². The Morgan fingerprint density at radius 3 is 2.95 bits per heavy atom. The number of carbonyl (C=O) groups is 1. The van der Waals surface area contributed by atoms with E-state index in [4.69, 9.17) is 17.0 Å². The van der Waals surface area contributed by atoms with E-state index in [-0.39, 0.29) is 11.9 Å². The average molecular weight is 308 g/mol. The van der Waals surface area contributed by atoms with Crippen LogP contribution in [-0.2, 0) is 10.3 Å². The molecule has 0 unspecified atom stereocenters. The molecule has 4 nitrogen and oxygen atoms in total. The van der Waals surface area contributed by atoms with Crippen molar-refractivity contribution in [1.82, 2.24) is 10.2 Å². The Morgan fingerprint density at radius 1 is 1.50 bits per heavy atom. The van der Waals surface area contributed by atoms with Crippen molar-refractivity contribution in [2.45, 2.75) is 18.9 Å². The van der Waals surface area contributed by atoms with Gasteiger partial charge in [0.2, 0.25) is 5.91 Å². The van der Waals surface area contributed by atoms with E-state index in [0.717, 1.165) is 20.7 Å². The minimum Gasteiger partial charge on any atom is -0.346 e. The van der Waals surface area contributed by atoms with Gasteiger partial charge in [-0.3, -0.25) is 15.1 Å². The van der Waals surface area contributed by atoms with Gasteiger partial charge >= 0.3 is 0 Å². The lowest BCUT2D eigenvalue weighted by Crippen LogP contribution is -2.58. The van der Waals surface area contributed by atoms with Gasteiger partial charge in [0.1, 0.15) is 0 Å². The van der Waals surface area contributed by atoms with Gasteiger partial charge in [-0.15, -0.1) is 11.3 Å². The second-order valence-electron chi connectivity index (χ2n) is 5.23. The lowest BCUT2D eigenvalue weighted by molar-refractivity contribution is -0.129. The van der Waals surface area contributed by atoms with E-state index >= 15 is 0 Å². The first-order valence-corrected chi connectivity index (χ1v) is 7.47. The molecule has 0 aliphatic carbocycles. The Labute approximate surface area is 125 Å². The summed E-state index contributed by atoms with van der Waals surface area (Å²) in [4.78, 5) is 13.3. The van der Waals surface area contributed by atoms with Crippen molar-refractivity contribution in [3.8, 4) is 0 Å². The van der Waals surface area contributed by atoms with E-state index in [1.54, 1.807) is 18.4 Å². The average Bonchev–Trinajstić information content (AvgIpc) is 2.77. The van der Waals surface area contributed by atoms with Crippen LogP contribution in [0.25, 0.3) is 10.1 Å². The van der Waals surface area contributed by atoms with E-state index in [1.165, 1.54) is 4.90 Å². The third-order valence-electron chi connectivity index (χ3n) is 3.77. The first-order valence-electron chi connectivity index (χ1n) is 6.21. The van der Waals surface area contributed by atoms with Crippen molar-refractivity contribution >= 4 is 44.9 Å². The number of carbonyl (C=O) groups excluding carboxylic acids is 1. The highest BCUT2D eigenvalue weighted by Crippen LogP contribution is 2.35. The number of fused-ring (bicyclic) bond motifs is 1. The second-order valence-corrected chi connectivity index (χ2v) is 6.55. The van der Waals surface area contributed by atoms with Crippen LogP contribution in [0.5, 0.6) is 0 Å². The molecular formula is C14H14ClN3OS. The van der Waals surface area contributed by atoms with E-state index in [9.17, 15) is 4.79 Å².